The van der Waals surface area contributed by atoms with Gasteiger partial charge in [-0.25, -0.2) is 0 Å². The minimum Gasteiger partial charge on any atom is -0.380 e. The van der Waals surface area contributed by atoms with Crippen LogP contribution in [-0.2, 0) is 6.42 Å². The summed E-state index contributed by atoms with van der Waals surface area (Å²) >= 11 is 0. The van der Waals surface area contributed by atoms with E-state index in [0.29, 0.717) is 12.0 Å². The van der Waals surface area contributed by atoms with Gasteiger partial charge in [0.1, 0.15) is 0 Å². The van der Waals surface area contributed by atoms with Crippen LogP contribution < -0.4 is 45.0 Å². The highest BCUT2D eigenvalue weighted by atomic mass is 35.5. The maximum absolute atomic E-state index is 4.88. The first kappa shape index (κ1) is 32.6. The summed E-state index contributed by atoms with van der Waals surface area (Å²) in [5.74, 6) is 2.40. The first-order chi connectivity index (χ1) is 14.8. The van der Waals surface area contributed by atoms with Gasteiger partial charge in [-0.15, -0.1) is 12.4 Å². The third-order valence-corrected chi connectivity index (χ3v) is 6.54. The van der Waals surface area contributed by atoms with Crippen molar-refractivity contribution < 1.29 is 5.71 Å². The third kappa shape index (κ3) is 8.04. The summed E-state index contributed by atoms with van der Waals surface area (Å²) < 4.78 is 0. The molecule has 0 amide bonds. The van der Waals surface area contributed by atoms with Crippen molar-refractivity contribution in [3.05, 3.63) is 29.8 Å². The van der Waals surface area contributed by atoms with Crippen LogP contribution >= 0.6 is 12.4 Å². The number of halogens is 1. The van der Waals surface area contributed by atoms with Crippen molar-refractivity contribution >= 4 is 35.9 Å². The summed E-state index contributed by atoms with van der Waals surface area (Å²) in [7, 11) is 0. The van der Waals surface area contributed by atoms with Gasteiger partial charge in [0, 0.05) is 50.2 Å². The quantitative estimate of drug-likeness (QED) is 0.280. The molecule has 0 saturated carbocycles. The lowest BCUT2D eigenvalue weighted by Gasteiger charge is -2.30. The van der Waals surface area contributed by atoms with Crippen LogP contribution in [0.2, 0.25) is 0 Å². The van der Waals surface area contributed by atoms with Gasteiger partial charge in [-0.1, -0.05) is 18.2 Å². The lowest BCUT2D eigenvalue weighted by molar-refractivity contribution is 0.556. The number of anilines is 4. The lowest BCUT2D eigenvalue weighted by atomic mass is 9.98. The summed E-state index contributed by atoms with van der Waals surface area (Å²) in [5, 5.41) is 7.19. The Labute approximate surface area is 221 Å². The standard InChI is InChI=1S/C23H33N7.ClH.4H3N.4H2/c1-5-13-29(14-6-1)22-26-21(27-23(28-22)30-15-7-2-8-16-30)24-17-19-12-11-18-9-3-4-10-20(18)25-19;;;;;;;;;/h3-4,9-10,19,25H,1-2,5-8,11-17H2,(H,24,26,27,28);1H;4*1H3;4*1H. The van der Waals surface area contributed by atoms with E-state index >= 15 is 0 Å². The molecule has 5 rings (SSSR count). The largest absolute Gasteiger partial charge is 0.380 e. The van der Waals surface area contributed by atoms with Crippen molar-refractivity contribution in [3.8, 4) is 0 Å². The van der Waals surface area contributed by atoms with Crippen LogP contribution in [0.1, 0.15) is 56.2 Å². The number of hydrogen-bond acceptors (Lipinski definition) is 11. The van der Waals surface area contributed by atoms with Gasteiger partial charge in [-0.3, -0.25) is 0 Å². The highest BCUT2D eigenvalue weighted by molar-refractivity contribution is 5.85. The fourth-order valence-electron chi connectivity index (χ4n) is 4.77. The number of hydrogen-bond donors (Lipinski definition) is 6. The Hall–Kier alpha value is -2.44. The Morgan fingerprint density at radius 2 is 1.34 bits per heavy atom. The molecule has 1 aromatic heterocycles. The second kappa shape index (κ2) is 15.5. The summed E-state index contributed by atoms with van der Waals surface area (Å²) in [4.78, 5) is 19.2. The van der Waals surface area contributed by atoms with Gasteiger partial charge in [0.05, 0.1) is 0 Å². The van der Waals surface area contributed by atoms with E-state index in [9.17, 15) is 0 Å². The second-order valence-electron chi connectivity index (χ2n) is 8.77. The van der Waals surface area contributed by atoms with Crippen LogP contribution in [0.15, 0.2) is 24.3 Å². The summed E-state index contributed by atoms with van der Waals surface area (Å²) in [6.07, 6.45) is 9.73. The van der Waals surface area contributed by atoms with Crippen LogP contribution in [0.5, 0.6) is 0 Å². The first-order valence-corrected chi connectivity index (χ1v) is 11.7. The molecule has 2 saturated heterocycles. The molecule has 0 radical (unpaired) electrons. The fraction of sp³-hybridized carbons (Fsp3) is 0.609. The summed E-state index contributed by atoms with van der Waals surface area (Å²) in [6, 6.07) is 8.99. The molecule has 0 spiro atoms. The van der Waals surface area contributed by atoms with E-state index < -0.39 is 0 Å². The Morgan fingerprint density at radius 3 is 1.91 bits per heavy atom. The number of nitrogens with zero attached hydrogens (tertiary/aromatic N) is 5. The van der Waals surface area contributed by atoms with E-state index in [2.05, 4.69) is 44.7 Å². The third-order valence-electron chi connectivity index (χ3n) is 6.54. The van der Waals surface area contributed by atoms with E-state index in [-0.39, 0.29) is 42.7 Å². The van der Waals surface area contributed by atoms with E-state index in [0.717, 1.165) is 57.5 Å². The Bertz CT molecular complexity index is 839. The second-order valence-corrected chi connectivity index (χ2v) is 8.77. The normalized spacial score (nSPS) is 18.6. The van der Waals surface area contributed by atoms with Gasteiger partial charge in [-0.2, -0.15) is 15.0 Å². The minimum atomic E-state index is 0. The Kier molecular flexibility index (Phi) is 14.5. The van der Waals surface area contributed by atoms with Crippen molar-refractivity contribution in [1.82, 2.24) is 39.6 Å². The SMILES string of the molecule is Cl.N.N.N.N.[HH].[HH].[HH].[HH].c1ccc2c(c1)CCC(CNc1nc(N3CCCCC3)nc(N3CCCCC3)n1)N2. The topological polar surface area (TPSA) is 209 Å². The zero-order chi connectivity index (χ0) is 20.2. The van der Waals surface area contributed by atoms with Gasteiger partial charge in [-0.05, 0) is 63.0 Å². The van der Waals surface area contributed by atoms with Crippen LogP contribution in [0.3, 0.4) is 0 Å². The van der Waals surface area contributed by atoms with Crippen LogP contribution in [0.25, 0.3) is 0 Å². The Balaban J connectivity index is -0.000000428. The van der Waals surface area contributed by atoms with Gasteiger partial charge in [0.2, 0.25) is 17.8 Å². The van der Waals surface area contributed by atoms with Crippen LogP contribution in [0, 0.1) is 0 Å². The molecular formula is C23H54ClN11. The van der Waals surface area contributed by atoms with Crippen LogP contribution in [0.4, 0.5) is 23.5 Å². The van der Waals surface area contributed by atoms with Crippen molar-refractivity contribution in [3.63, 3.8) is 0 Å². The molecule has 35 heavy (non-hydrogen) atoms. The van der Waals surface area contributed by atoms with Crippen molar-refractivity contribution in [2.24, 2.45) is 0 Å². The number of rotatable bonds is 5. The van der Waals surface area contributed by atoms with Gasteiger partial charge in [0.25, 0.3) is 0 Å². The van der Waals surface area contributed by atoms with Gasteiger partial charge < -0.3 is 45.0 Å². The molecule has 0 bridgehead atoms. The molecular weight excluding hydrogens is 466 g/mol. The molecule has 208 valence electrons. The van der Waals surface area contributed by atoms with E-state index in [4.69, 9.17) is 15.0 Å². The average molecular weight is 520 g/mol. The number of nitrogens with one attached hydrogen (secondary N) is 2. The smallest absolute Gasteiger partial charge is 0.231 e. The molecule has 1 atom stereocenters. The van der Waals surface area contributed by atoms with Crippen molar-refractivity contribution in [2.75, 3.05) is 53.2 Å². The molecule has 4 heterocycles. The molecule has 0 aliphatic carbocycles. The molecule has 2 aromatic rings. The number of aryl methyl sites for hydroxylation is 1. The van der Waals surface area contributed by atoms with Gasteiger partial charge in [0.15, 0.2) is 0 Å². The van der Waals surface area contributed by atoms with E-state index in [1.54, 1.807) is 0 Å². The first-order valence-electron chi connectivity index (χ1n) is 11.7. The van der Waals surface area contributed by atoms with Gasteiger partial charge >= 0.3 is 0 Å². The monoisotopic (exact) mass is 519 g/mol. The number of piperidine rings is 2. The average Bonchev–Trinajstić information content (AvgIpc) is 2.83. The maximum Gasteiger partial charge on any atom is 0.231 e. The molecule has 12 heteroatoms. The molecule has 1 aromatic carbocycles. The van der Waals surface area contributed by atoms with Crippen LogP contribution in [-0.4, -0.2) is 53.7 Å². The molecule has 3 aliphatic heterocycles. The zero-order valence-corrected chi connectivity index (χ0v) is 21.9. The molecule has 2 fully saturated rings. The predicted molar refractivity (Wildman–Crippen MR) is 158 cm³/mol. The predicted octanol–water partition coefficient (Wildman–Crippen LogP) is 5.74. The summed E-state index contributed by atoms with van der Waals surface area (Å²) in [6.45, 7) is 5.00. The lowest BCUT2D eigenvalue weighted by Crippen LogP contribution is -2.35. The maximum atomic E-state index is 4.88. The number of para-hydroxylation sites is 1. The highest BCUT2D eigenvalue weighted by Crippen LogP contribution is 2.25. The minimum absolute atomic E-state index is 0. The molecule has 3 aliphatic rings. The zero-order valence-electron chi connectivity index (χ0n) is 21.1. The highest BCUT2D eigenvalue weighted by Gasteiger charge is 2.21. The Morgan fingerprint density at radius 1 is 0.800 bits per heavy atom. The molecule has 1 unspecified atom stereocenters. The number of aromatic nitrogens is 3. The summed E-state index contributed by atoms with van der Waals surface area (Å²) in [5.41, 5.74) is 2.67. The van der Waals surface area contributed by atoms with Crippen molar-refractivity contribution in [2.45, 2.75) is 57.4 Å². The van der Waals surface area contributed by atoms with E-state index in [1.165, 1.54) is 49.8 Å². The number of fused-ring (bicyclic) bond motifs is 1. The fourth-order valence-corrected chi connectivity index (χ4v) is 4.77. The van der Waals surface area contributed by atoms with E-state index in [1.807, 2.05) is 0 Å². The number of benzene rings is 1. The van der Waals surface area contributed by atoms with Crippen molar-refractivity contribution in [1.29, 1.82) is 0 Å². The molecule has 11 nitrogen and oxygen atoms in total. The molecule has 14 N–H and O–H groups in total.